The molecule has 3 heterocycles. The first kappa shape index (κ1) is 20.5. The molecular formula is C23H29N5O2S. The van der Waals surface area contributed by atoms with Crippen LogP contribution in [0.2, 0.25) is 0 Å². The molecule has 1 N–H and O–H groups in total. The lowest BCUT2D eigenvalue weighted by Crippen LogP contribution is -2.51. The number of rotatable bonds is 5. The Labute approximate surface area is 183 Å². The molecule has 2 aliphatic rings. The highest BCUT2D eigenvalue weighted by Crippen LogP contribution is 2.27. The van der Waals surface area contributed by atoms with E-state index < -0.39 is 10.0 Å². The van der Waals surface area contributed by atoms with Crippen LogP contribution in [-0.4, -0.2) is 72.9 Å². The first-order valence-electron chi connectivity index (χ1n) is 11.0. The number of nitrogens with one attached hydrogen (secondary N) is 1. The van der Waals surface area contributed by atoms with E-state index >= 15 is 0 Å². The second-order valence-electron chi connectivity index (χ2n) is 8.59. The predicted molar refractivity (Wildman–Crippen MR) is 123 cm³/mol. The van der Waals surface area contributed by atoms with Crippen molar-refractivity contribution in [3.63, 3.8) is 0 Å². The number of aromatic amines is 1. The number of piperazine rings is 1. The summed E-state index contributed by atoms with van der Waals surface area (Å²) in [5.74, 6) is 0.922. The van der Waals surface area contributed by atoms with Crippen molar-refractivity contribution >= 4 is 27.0 Å². The maximum Gasteiger partial charge on any atom is 0.243 e. The summed E-state index contributed by atoms with van der Waals surface area (Å²) < 4.78 is 28.2. The lowest BCUT2D eigenvalue weighted by atomic mass is 10.2. The highest BCUT2D eigenvalue weighted by atomic mass is 32.2. The van der Waals surface area contributed by atoms with E-state index in [0.29, 0.717) is 11.4 Å². The summed E-state index contributed by atoms with van der Waals surface area (Å²) in [5, 5.41) is 0. The number of hydrogen-bond donors (Lipinski definition) is 1. The van der Waals surface area contributed by atoms with Crippen LogP contribution in [0, 0.1) is 6.92 Å². The van der Waals surface area contributed by atoms with Gasteiger partial charge in [-0.05, 0) is 49.6 Å². The van der Waals surface area contributed by atoms with Gasteiger partial charge in [-0.2, -0.15) is 4.31 Å². The van der Waals surface area contributed by atoms with Gasteiger partial charge < -0.3 is 9.88 Å². The summed E-state index contributed by atoms with van der Waals surface area (Å²) in [6.07, 6.45) is 1.85. The molecule has 2 saturated heterocycles. The Morgan fingerprint density at radius 1 is 1.03 bits per heavy atom. The van der Waals surface area contributed by atoms with Gasteiger partial charge in [0.2, 0.25) is 16.0 Å². The molecule has 3 aromatic rings. The topological polar surface area (TPSA) is 72.5 Å². The molecule has 0 aliphatic carbocycles. The van der Waals surface area contributed by atoms with E-state index in [2.05, 4.69) is 14.8 Å². The van der Waals surface area contributed by atoms with E-state index in [-0.39, 0.29) is 6.04 Å². The number of imidazole rings is 1. The van der Waals surface area contributed by atoms with Crippen LogP contribution < -0.4 is 4.90 Å². The minimum atomic E-state index is -3.45. The summed E-state index contributed by atoms with van der Waals surface area (Å²) in [6.45, 7) is 6.92. The molecular weight excluding hydrogens is 410 g/mol. The zero-order chi connectivity index (χ0) is 21.4. The Bertz CT molecular complexity index is 1130. The van der Waals surface area contributed by atoms with Crippen molar-refractivity contribution in [2.45, 2.75) is 30.7 Å². The third-order valence-electron chi connectivity index (χ3n) is 6.44. The number of fused-ring (bicyclic) bond motifs is 1. The number of nitrogens with zero attached hydrogens (tertiary/aromatic N) is 4. The molecule has 0 amide bonds. The highest BCUT2D eigenvalue weighted by Gasteiger charge is 2.36. The maximum absolute atomic E-state index is 13.2. The van der Waals surface area contributed by atoms with Gasteiger partial charge in [-0.3, -0.25) is 4.90 Å². The van der Waals surface area contributed by atoms with Gasteiger partial charge in [0.05, 0.1) is 15.9 Å². The van der Waals surface area contributed by atoms with Crippen LogP contribution in [0.4, 0.5) is 5.95 Å². The number of aryl methyl sites for hydroxylation is 1. The second-order valence-corrected chi connectivity index (χ2v) is 10.5. The van der Waals surface area contributed by atoms with E-state index in [4.69, 9.17) is 4.98 Å². The normalized spacial score (nSPS) is 21.2. The van der Waals surface area contributed by atoms with E-state index in [1.165, 1.54) is 0 Å². The van der Waals surface area contributed by atoms with Gasteiger partial charge in [0.25, 0.3) is 0 Å². The molecule has 1 atom stereocenters. The molecule has 31 heavy (non-hydrogen) atoms. The molecule has 2 aliphatic heterocycles. The van der Waals surface area contributed by atoms with Crippen LogP contribution in [0.25, 0.3) is 11.0 Å². The Morgan fingerprint density at radius 2 is 1.84 bits per heavy atom. The second kappa shape index (κ2) is 8.26. The third-order valence-corrected chi connectivity index (χ3v) is 8.38. The average molecular weight is 440 g/mol. The number of anilines is 1. The molecule has 164 valence electrons. The number of aromatic nitrogens is 2. The van der Waals surface area contributed by atoms with Crippen molar-refractivity contribution < 1.29 is 8.42 Å². The monoisotopic (exact) mass is 439 g/mol. The molecule has 2 aromatic carbocycles. The molecule has 1 aromatic heterocycles. The van der Waals surface area contributed by atoms with E-state index in [1.54, 1.807) is 16.4 Å². The fraction of sp³-hybridized carbons (Fsp3) is 0.435. The van der Waals surface area contributed by atoms with Crippen LogP contribution >= 0.6 is 0 Å². The molecule has 0 bridgehead atoms. The molecule has 0 spiro atoms. The van der Waals surface area contributed by atoms with Gasteiger partial charge in [0.1, 0.15) is 0 Å². The summed E-state index contributed by atoms with van der Waals surface area (Å²) in [5.41, 5.74) is 3.02. The molecule has 7 nitrogen and oxygen atoms in total. The fourth-order valence-corrected chi connectivity index (χ4v) is 6.54. The van der Waals surface area contributed by atoms with Crippen molar-refractivity contribution in [2.24, 2.45) is 0 Å². The van der Waals surface area contributed by atoms with Gasteiger partial charge >= 0.3 is 0 Å². The van der Waals surface area contributed by atoms with Gasteiger partial charge in [-0.1, -0.05) is 24.3 Å². The van der Waals surface area contributed by atoms with Crippen molar-refractivity contribution in [2.75, 3.05) is 44.2 Å². The fourth-order valence-electron chi connectivity index (χ4n) is 4.75. The zero-order valence-corrected chi connectivity index (χ0v) is 18.7. The Kier molecular flexibility index (Phi) is 5.45. The van der Waals surface area contributed by atoms with Gasteiger partial charge in [-0.25, -0.2) is 13.4 Å². The molecule has 8 heteroatoms. The van der Waals surface area contributed by atoms with E-state index in [0.717, 1.165) is 68.1 Å². The van der Waals surface area contributed by atoms with E-state index in [9.17, 15) is 8.42 Å². The highest BCUT2D eigenvalue weighted by molar-refractivity contribution is 7.89. The number of sulfonamides is 1. The summed E-state index contributed by atoms with van der Waals surface area (Å²) in [4.78, 5) is 13.2. The number of benzene rings is 2. The molecule has 2 fully saturated rings. The quantitative estimate of drug-likeness (QED) is 0.662. The number of H-pyrrole nitrogens is 1. The molecule has 0 saturated carbocycles. The summed E-state index contributed by atoms with van der Waals surface area (Å²) in [6, 6.07) is 15.4. The predicted octanol–water partition coefficient (Wildman–Crippen LogP) is 2.85. The van der Waals surface area contributed by atoms with Crippen LogP contribution in [0.15, 0.2) is 53.4 Å². The van der Waals surface area contributed by atoms with Gasteiger partial charge in [-0.15, -0.1) is 0 Å². The van der Waals surface area contributed by atoms with Crippen molar-refractivity contribution in [3.8, 4) is 0 Å². The number of para-hydroxylation sites is 2. The lowest BCUT2D eigenvalue weighted by molar-refractivity contribution is 0.208. The average Bonchev–Trinajstić information content (AvgIpc) is 3.41. The Hall–Kier alpha value is -2.42. The molecule has 1 unspecified atom stereocenters. The van der Waals surface area contributed by atoms with Gasteiger partial charge in [0, 0.05) is 45.3 Å². The SMILES string of the molecule is Cc1cccc(S(=O)(=O)N2CCCC2CN2CCN(c3nc4ccccc4[nH]3)CC2)c1. The Morgan fingerprint density at radius 3 is 2.61 bits per heavy atom. The lowest BCUT2D eigenvalue weighted by Gasteiger charge is -2.37. The molecule has 5 rings (SSSR count). The van der Waals surface area contributed by atoms with Crippen molar-refractivity contribution in [1.82, 2.24) is 19.2 Å². The first-order chi connectivity index (χ1) is 15.0. The first-order valence-corrected chi connectivity index (χ1v) is 12.5. The minimum Gasteiger partial charge on any atom is -0.340 e. The summed E-state index contributed by atoms with van der Waals surface area (Å²) >= 11 is 0. The standard InChI is InChI=1S/C23H29N5O2S/c1-18-6-4-8-20(16-18)31(29,30)28-11-5-7-19(28)17-26-12-14-27(15-13-26)23-24-21-9-2-3-10-22(21)25-23/h2-4,6,8-10,16,19H,5,7,11-15,17H2,1H3,(H,24,25). The van der Waals surface area contributed by atoms with Crippen LogP contribution in [0.5, 0.6) is 0 Å². The zero-order valence-electron chi connectivity index (χ0n) is 17.9. The molecule has 0 radical (unpaired) electrons. The third kappa shape index (κ3) is 4.07. The van der Waals surface area contributed by atoms with Gasteiger partial charge in [0.15, 0.2) is 0 Å². The van der Waals surface area contributed by atoms with Crippen molar-refractivity contribution in [1.29, 1.82) is 0 Å². The Balaban J connectivity index is 1.23. The van der Waals surface area contributed by atoms with Crippen LogP contribution in [0.1, 0.15) is 18.4 Å². The van der Waals surface area contributed by atoms with E-state index in [1.807, 2.05) is 43.3 Å². The smallest absolute Gasteiger partial charge is 0.243 e. The van der Waals surface area contributed by atoms with Crippen LogP contribution in [0.3, 0.4) is 0 Å². The van der Waals surface area contributed by atoms with Crippen molar-refractivity contribution in [3.05, 3.63) is 54.1 Å². The largest absolute Gasteiger partial charge is 0.340 e. The maximum atomic E-state index is 13.2. The number of hydrogen-bond acceptors (Lipinski definition) is 5. The van der Waals surface area contributed by atoms with Crippen LogP contribution in [-0.2, 0) is 10.0 Å². The summed E-state index contributed by atoms with van der Waals surface area (Å²) in [7, 11) is -3.45. The minimum absolute atomic E-state index is 0.0447.